The van der Waals surface area contributed by atoms with Crippen LogP contribution in [-0.4, -0.2) is 26.2 Å². The topological polar surface area (TPSA) is 59.8 Å². The van der Waals surface area contributed by atoms with E-state index in [9.17, 15) is 4.79 Å². The Balaban J connectivity index is 1.61. The van der Waals surface area contributed by atoms with E-state index in [2.05, 4.69) is 47.3 Å². The number of benzene rings is 1. The summed E-state index contributed by atoms with van der Waals surface area (Å²) < 4.78 is 2.03. The molecule has 0 fully saturated rings. The number of nitrogens with one attached hydrogen (secondary N) is 1. The third-order valence-electron chi connectivity index (χ3n) is 3.69. The van der Waals surface area contributed by atoms with Crippen molar-refractivity contribution >= 4 is 29.0 Å². The largest absolute Gasteiger partial charge is 0.350 e. The summed E-state index contributed by atoms with van der Waals surface area (Å²) in [4.78, 5) is 21.8. The molecule has 2 heterocycles. The summed E-state index contributed by atoms with van der Waals surface area (Å²) in [5.41, 5.74) is 3.47. The quantitative estimate of drug-likeness (QED) is 0.671. The van der Waals surface area contributed by atoms with Crippen LogP contribution in [0, 0.1) is 20.8 Å². The first-order valence-electron chi connectivity index (χ1n) is 7.94. The van der Waals surface area contributed by atoms with Crippen LogP contribution in [0.15, 0.2) is 41.9 Å². The fourth-order valence-corrected chi connectivity index (χ4v) is 3.94. The standard InChI is InChI=1S/C18H20N4OS2/c1-12-4-5-13(2)16(8-12)22-7-6-19-18(22)24-11-17(23)21-10-15-9-20-14(3)25-15/h4-9H,10-11H2,1-3H3,(H,21,23). The van der Waals surface area contributed by atoms with Crippen molar-refractivity contribution in [3.05, 3.63) is 57.8 Å². The van der Waals surface area contributed by atoms with Gasteiger partial charge in [0.15, 0.2) is 5.16 Å². The predicted molar refractivity (Wildman–Crippen MR) is 102 cm³/mol. The van der Waals surface area contributed by atoms with Gasteiger partial charge >= 0.3 is 0 Å². The number of aromatic nitrogens is 3. The molecule has 1 aromatic carbocycles. The molecule has 25 heavy (non-hydrogen) atoms. The van der Waals surface area contributed by atoms with Crippen molar-refractivity contribution in [2.75, 3.05) is 5.75 Å². The zero-order chi connectivity index (χ0) is 17.8. The van der Waals surface area contributed by atoms with Gasteiger partial charge in [0.25, 0.3) is 0 Å². The lowest BCUT2D eigenvalue weighted by Crippen LogP contribution is -2.24. The third-order valence-corrected chi connectivity index (χ3v) is 5.57. The van der Waals surface area contributed by atoms with Crippen molar-refractivity contribution in [2.45, 2.75) is 32.5 Å². The zero-order valence-corrected chi connectivity index (χ0v) is 16.1. The van der Waals surface area contributed by atoms with Gasteiger partial charge in [-0.25, -0.2) is 9.97 Å². The highest BCUT2D eigenvalue weighted by Gasteiger charge is 2.11. The second-order valence-corrected chi connectivity index (χ2v) is 8.04. The molecule has 1 amide bonds. The Morgan fingerprint density at radius 2 is 2.12 bits per heavy atom. The van der Waals surface area contributed by atoms with E-state index in [0.717, 1.165) is 20.7 Å². The molecule has 0 saturated heterocycles. The smallest absolute Gasteiger partial charge is 0.230 e. The lowest BCUT2D eigenvalue weighted by atomic mass is 10.1. The van der Waals surface area contributed by atoms with Gasteiger partial charge in [-0.2, -0.15) is 0 Å². The van der Waals surface area contributed by atoms with Gasteiger partial charge in [-0.15, -0.1) is 11.3 Å². The number of thioether (sulfide) groups is 1. The Hall–Kier alpha value is -2.12. The molecule has 0 aliphatic rings. The Labute approximate surface area is 155 Å². The molecule has 0 bridgehead atoms. The average Bonchev–Trinajstić information content (AvgIpc) is 3.22. The number of thiazole rings is 1. The van der Waals surface area contributed by atoms with Crippen LogP contribution >= 0.6 is 23.1 Å². The number of rotatable bonds is 6. The number of amides is 1. The van der Waals surface area contributed by atoms with Crippen molar-refractivity contribution in [3.63, 3.8) is 0 Å². The maximum absolute atomic E-state index is 12.1. The maximum atomic E-state index is 12.1. The van der Waals surface area contributed by atoms with Gasteiger partial charge in [0, 0.05) is 23.5 Å². The molecule has 1 N–H and O–H groups in total. The van der Waals surface area contributed by atoms with Gasteiger partial charge in [0.1, 0.15) is 0 Å². The summed E-state index contributed by atoms with van der Waals surface area (Å²) in [5, 5.41) is 4.75. The molecule has 0 atom stereocenters. The maximum Gasteiger partial charge on any atom is 0.230 e. The monoisotopic (exact) mass is 372 g/mol. The van der Waals surface area contributed by atoms with Gasteiger partial charge in [-0.05, 0) is 38.0 Å². The molecule has 0 unspecified atom stereocenters. The van der Waals surface area contributed by atoms with Gasteiger partial charge in [0.2, 0.25) is 5.91 Å². The summed E-state index contributed by atoms with van der Waals surface area (Å²) in [7, 11) is 0. The van der Waals surface area contributed by atoms with Crippen molar-refractivity contribution in [3.8, 4) is 5.69 Å². The number of aryl methyl sites for hydroxylation is 3. The van der Waals surface area contributed by atoms with E-state index in [-0.39, 0.29) is 5.91 Å². The summed E-state index contributed by atoms with van der Waals surface area (Å²) in [5.74, 6) is 0.325. The molecular weight excluding hydrogens is 352 g/mol. The van der Waals surface area contributed by atoms with Crippen molar-refractivity contribution < 1.29 is 4.79 Å². The van der Waals surface area contributed by atoms with Gasteiger partial charge in [-0.3, -0.25) is 9.36 Å². The molecule has 0 spiro atoms. The number of carbonyl (C=O) groups is 1. The Morgan fingerprint density at radius 1 is 1.28 bits per heavy atom. The molecule has 0 saturated carbocycles. The number of hydrogen-bond donors (Lipinski definition) is 1. The van der Waals surface area contributed by atoms with Crippen molar-refractivity contribution in [1.29, 1.82) is 0 Å². The van der Waals surface area contributed by atoms with Gasteiger partial charge in [-0.1, -0.05) is 23.9 Å². The molecule has 0 aliphatic carbocycles. The highest BCUT2D eigenvalue weighted by Crippen LogP contribution is 2.23. The number of imidazole rings is 1. The van der Waals surface area contributed by atoms with Crippen LogP contribution in [0.5, 0.6) is 0 Å². The first kappa shape index (κ1) is 17.7. The van der Waals surface area contributed by atoms with Crippen LogP contribution in [0.4, 0.5) is 0 Å². The molecule has 3 aromatic rings. The number of carbonyl (C=O) groups excluding carboxylic acids is 1. The summed E-state index contributed by atoms with van der Waals surface area (Å²) >= 11 is 3.04. The first-order chi connectivity index (χ1) is 12.0. The van der Waals surface area contributed by atoms with E-state index in [1.165, 1.54) is 22.9 Å². The molecule has 0 radical (unpaired) electrons. The predicted octanol–water partition coefficient (Wildman–Crippen LogP) is 3.66. The molecular formula is C18H20N4OS2. The Kier molecular flexibility index (Phi) is 5.55. The molecule has 3 rings (SSSR count). The number of nitrogens with zero attached hydrogens (tertiary/aromatic N) is 3. The van der Waals surface area contributed by atoms with Crippen LogP contribution in [0.25, 0.3) is 5.69 Å². The zero-order valence-electron chi connectivity index (χ0n) is 14.4. The summed E-state index contributed by atoms with van der Waals surface area (Å²) in [6.45, 7) is 6.63. The van der Waals surface area contributed by atoms with E-state index in [0.29, 0.717) is 12.3 Å². The van der Waals surface area contributed by atoms with E-state index < -0.39 is 0 Å². The van der Waals surface area contributed by atoms with E-state index in [1.807, 2.05) is 17.7 Å². The summed E-state index contributed by atoms with van der Waals surface area (Å²) in [6, 6.07) is 6.33. The lowest BCUT2D eigenvalue weighted by molar-refractivity contribution is -0.118. The first-order valence-corrected chi connectivity index (χ1v) is 9.75. The molecule has 130 valence electrons. The molecule has 2 aromatic heterocycles. The highest BCUT2D eigenvalue weighted by molar-refractivity contribution is 7.99. The minimum absolute atomic E-state index is 0.00781. The van der Waals surface area contributed by atoms with Gasteiger partial charge in [0.05, 0.1) is 23.0 Å². The molecule has 0 aliphatic heterocycles. The number of hydrogen-bond acceptors (Lipinski definition) is 5. The van der Waals surface area contributed by atoms with Crippen LogP contribution in [0.1, 0.15) is 21.0 Å². The lowest BCUT2D eigenvalue weighted by Gasteiger charge is -2.11. The van der Waals surface area contributed by atoms with Crippen LogP contribution in [-0.2, 0) is 11.3 Å². The van der Waals surface area contributed by atoms with Crippen LogP contribution in [0.2, 0.25) is 0 Å². The van der Waals surface area contributed by atoms with Crippen LogP contribution in [0.3, 0.4) is 0 Å². The summed E-state index contributed by atoms with van der Waals surface area (Å²) in [6.07, 6.45) is 5.50. The van der Waals surface area contributed by atoms with E-state index >= 15 is 0 Å². The van der Waals surface area contributed by atoms with E-state index in [1.54, 1.807) is 23.7 Å². The normalized spacial score (nSPS) is 10.8. The fraction of sp³-hybridized carbons (Fsp3) is 0.278. The van der Waals surface area contributed by atoms with E-state index in [4.69, 9.17) is 0 Å². The van der Waals surface area contributed by atoms with Crippen molar-refractivity contribution in [1.82, 2.24) is 19.9 Å². The third kappa shape index (κ3) is 4.49. The average molecular weight is 373 g/mol. The van der Waals surface area contributed by atoms with Crippen molar-refractivity contribution in [2.24, 2.45) is 0 Å². The minimum atomic E-state index is -0.00781. The molecule has 7 heteroatoms. The Bertz CT molecular complexity index is 885. The second-order valence-electron chi connectivity index (χ2n) is 5.78. The van der Waals surface area contributed by atoms with Crippen LogP contribution < -0.4 is 5.32 Å². The molecule has 5 nitrogen and oxygen atoms in total. The second kappa shape index (κ2) is 7.84. The highest BCUT2D eigenvalue weighted by atomic mass is 32.2. The van der Waals surface area contributed by atoms with Gasteiger partial charge < -0.3 is 5.32 Å². The Morgan fingerprint density at radius 3 is 2.88 bits per heavy atom. The SMILES string of the molecule is Cc1ccc(C)c(-n2ccnc2SCC(=O)NCc2cnc(C)s2)c1. The minimum Gasteiger partial charge on any atom is -0.350 e. The fourth-order valence-electron chi connectivity index (χ4n) is 2.41.